The molecule has 4 nitrogen and oxygen atoms in total. The van der Waals surface area contributed by atoms with Crippen LogP contribution in [0.5, 0.6) is 0 Å². The standard InChI is InChI=1S/C18H26N4S/c1-15-8-10-17(11-9-15)22-16(2)19-21(18(22)23)14-20-12-6-4-3-5-7-13-20/h8-11H,3-7,12-14H2,1-2H3. The normalized spacial score (nSPS) is 17.0. The van der Waals surface area contributed by atoms with E-state index in [4.69, 9.17) is 17.3 Å². The number of hydrogen-bond acceptors (Lipinski definition) is 3. The first-order valence-electron chi connectivity index (χ1n) is 8.61. The molecule has 124 valence electrons. The Morgan fingerprint density at radius 3 is 2.22 bits per heavy atom. The molecular formula is C18H26N4S. The lowest BCUT2D eigenvalue weighted by molar-refractivity contribution is 0.187. The van der Waals surface area contributed by atoms with Gasteiger partial charge in [0.2, 0.25) is 4.77 Å². The van der Waals surface area contributed by atoms with E-state index in [2.05, 4.69) is 40.7 Å². The quantitative estimate of drug-likeness (QED) is 0.787. The Labute approximate surface area is 143 Å². The van der Waals surface area contributed by atoms with Crippen LogP contribution >= 0.6 is 12.2 Å². The van der Waals surface area contributed by atoms with Crippen molar-refractivity contribution >= 4 is 12.2 Å². The number of hydrogen-bond donors (Lipinski definition) is 0. The summed E-state index contributed by atoms with van der Waals surface area (Å²) in [6, 6.07) is 8.46. The fraction of sp³-hybridized carbons (Fsp3) is 0.556. The minimum atomic E-state index is 0.786. The summed E-state index contributed by atoms with van der Waals surface area (Å²) < 4.78 is 4.83. The highest BCUT2D eigenvalue weighted by Gasteiger charge is 2.13. The van der Waals surface area contributed by atoms with Gasteiger partial charge in [-0.3, -0.25) is 9.47 Å². The van der Waals surface area contributed by atoms with Crippen molar-refractivity contribution in [1.82, 2.24) is 19.2 Å². The van der Waals surface area contributed by atoms with Gasteiger partial charge in [-0.2, -0.15) is 5.10 Å². The molecule has 0 saturated carbocycles. The number of aryl methyl sites for hydroxylation is 2. The van der Waals surface area contributed by atoms with Crippen LogP contribution in [0, 0.1) is 18.6 Å². The number of likely N-dealkylation sites (tertiary alicyclic amines) is 1. The molecule has 0 unspecified atom stereocenters. The molecule has 23 heavy (non-hydrogen) atoms. The summed E-state index contributed by atoms with van der Waals surface area (Å²) in [5.74, 6) is 0.950. The molecule has 1 aromatic heterocycles. The first-order chi connectivity index (χ1) is 11.1. The molecule has 5 heteroatoms. The first-order valence-corrected chi connectivity index (χ1v) is 9.02. The lowest BCUT2D eigenvalue weighted by Crippen LogP contribution is -2.30. The van der Waals surface area contributed by atoms with Crippen molar-refractivity contribution in [2.45, 2.75) is 52.6 Å². The largest absolute Gasteiger partial charge is 0.284 e. The maximum atomic E-state index is 5.69. The van der Waals surface area contributed by atoms with Crippen molar-refractivity contribution in [3.63, 3.8) is 0 Å². The van der Waals surface area contributed by atoms with Gasteiger partial charge in [0.15, 0.2) is 0 Å². The van der Waals surface area contributed by atoms with E-state index in [1.54, 1.807) is 0 Å². The zero-order chi connectivity index (χ0) is 16.2. The van der Waals surface area contributed by atoms with Gasteiger partial charge in [-0.1, -0.05) is 37.0 Å². The first kappa shape index (κ1) is 16.4. The van der Waals surface area contributed by atoms with Gasteiger partial charge in [0.1, 0.15) is 5.82 Å². The molecule has 0 bridgehead atoms. The Balaban J connectivity index is 1.82. The van der Waals surface area contributed by atoms with E-state index < -0.39 is 0 Å². The highest BCUT2D eigenvalue weighted by atomic mass is 32.1. The SMILES string of the molecule is Cc1ccc(-n2c(C)nn(CN3CCCCCCC3)c2=S)cc1. The summed E-state index contributed by atoms with van der Waals surface area (Å²) in [6.07, 6.45) is 6.64. The third kappa shape index (κ3) is 3.90. The van der Waals surface area contributed by atoms with Crippen LogP contribution in [0.4, 0.5) is 0 Å². The van der Waals surface area contributed by atoms with E-state index in [0.717, 1.165) is 36.0 Å². The van der Waals surface area contributed by atoms with Crippen LogP contribution in [-0.2, 0) is 6.67 Å². The average Bonchev–Trinajstić information content (AvgIpc) is 2.77. The van der Waals surface area contributed by atoms with E-state index >= 15 is 0 Å². The second-order valence-corrected chi connectivity index (χ2v) is 6.89. The zero-order valence-corrected chi connectivity index (χ0v) is 15.0. The van der Waals surface area contributed by atoms with Crippen LogP contribution in [-0.4, -0.2) is 32.3 Å². The Hall–Kier alpha value is -1.46. The Morgan fingerprint density at radius 2 is 1.57 bits per heavy atom. The van der Waals surface area contributed by atoms with Gasteiger partial charge >= 0.3 is 0 Å². The van der Waals surface area contributed by atoms with Gasteiger partial charge in [-0.25, -0.2) is 4.68 Å². The molecule has 1 aliphatic rings. The van der Waals surface area contributed by atoms with Crippen LogP contribution in [0.1, 0.15) is 43.5 Å². The third-order valence-corrected chi connectivity index (χ3v) is 4.97. The number of nitrogens with zero attached hydrogens (tertiary/aromatic N) is 4. The molecule has 0 aliphatic carbocycles. The molecule has 2 heterocycles. The van der Waals surface area contributed by atoms with Crippen LogP contribution in [0.25, 0.3) is 5.69 Å². The van der Waals surface area contributed by atoms with Crippen LogP contribution in [0.3, 0.4) is 0 Å². The van der Waals surface area contributed by atoms with Crippen molar-refractivity contribution in [3.8, 4) is 5.69 Å². The summed E-state index contributed by atoms with van der Waals surface area (Å²) in [4.78, 5) is 2.49. The monoisotopic (exact) mass is 330 g/mol. The summed E-state index contributed by atoms with van der Waals surface area (Å²) in [7, 11) is 0. The Morgan fingerprint density at radius 1 is 0.957 bits per heavy atom. The van der Waals surface area contributed by atoms with Crippen molar-refractivity contribution in [2.24, 2.45) is 0 Å². The van der Waals surface area contributed by atoms with Crippen molar-refractivity contribution in [3.05, 3.63) is 40.4 Å². The summed E-state index contributed by atoms with van der Waals surface area (Å²) in [5, 5.41) is 4.69. The molecule has 0 amide bonds. The average molecular weight is 331 g/mol. The van der Waals surface area contributed by atoms with Gasteiger partial charge in [0, 0.05) is 5.69 Å². The number of benzene rings is 1. The molecule has 2 aromatic rings. The van der Waals surface area contributed by atoms with Gasteiger partial charge in [0.25, 0.3) is 0 Å². The van der Waals surface area contributed by atoms with Crippen LogP contribution < -0.4 is 0 Å². The molecule has 1 saturated heterocycles. The maximum absolute atomic E-state index is 5.69. The molecule has 1 fully saturated rings. The maximum Gasteiger partial charge on any atom is 0.203 e. The summed E-state index contributed by atoms with van der Waals surface area (Å²) in [6.45, 7) is 7.23. The van der Waals surface area contributed by atoms with Crippen molar-refractivity contribution in [1.29, 1.82) is 0 Å². The lowest BCUT2D eigenvalue weighted by Gasteiger charge is -2.24. The summed E-state index contributed by atoms with van der Waals surface area (Å²) in [5.41, 5.74) is 2.35. The van der Waals surface area contributed by atoms with Gasteiger partial charge in [-0.05, 0) is 64.1 Å². The Bertz CT molecular complexity index is 691. The molecule has 0 atom stereocenters. The number of rotatable bonds is 3. The van der Waals surface area contributed by atoms with Crippen molar-refractivity contribution < 1.29 is 0 Å². The van der Waals surface area contributed by atoms with Gasteiger partial charge in [-0.15, -0.1) is 0 Å². The van der Waals surface area contributed by atoms with E-state index in [0.29, 0.717) is 0 Å². The molecular weight excluding hydrogens is 304 g/mol. The fourth-order valence-corrected chi connectivity index (χ4v) is 3.58. The Kier molecular flexibility index (Phi) is 5.28. The molecule has 0 radical (unpaired) electrons. The second kappa shape index (κ2) is 7.41. The lowest BCUT2D eigenvalue weighted by atomic mass is 10.1. The van der Waals surface area contributed by atoms with Gasteiger partial charge in [0.05, 0.1) is 6.67 Å². The zero-order valence-electron chi connectivity index (χ0n) is 14.2. The minimum absolute atomic E-state index is 0.786. The molecule has 0 spiro atoms. The van der Waals surface area contributed by atoms with Crippen molar-refractivity contribution in [2.75, 3.05) is 13.1 Å². The predicted octanol–water partition coefficient (Wildman–Crippen LogP) is 4.24. The van der Waals surface area contributed by atoms with E-state index in [-0.39, 0.29) is 0 Å². The number of aromatic nitrogens is 3. The summed E-state index contributed by atoms with van der Waals surface area (Å²) >= 11 is 5.69. The van der Waals surface area contributed by atoms with E-state index in [9.17, 15) is 0 Å². The van der Waals surface area contributed by atoms with Crippen LogP contribution in [0.2, 0.25) is 0 Å². The molecule has 0 N–H and O–H groups in total. The topological polar surface area (TPSA) is 26.0 Å². The minimum Gasteiger partial charge on any atom is -0.284 e. The fourth-order valence-electron chi connectivity index (χ4n) is 3.24. The van der Waals surface area contributed by atoms with E-state index in [1.165, 1.54) is 37.7 Å². The van der Waals surface area contributed by atoms with E-state index in [1.807, 2.05) is 11.6 Å². The third-order valence-electron chi connectivity index (χ3n) is 4.58. The highest BCUT2D eigenvalue weighted by Crippen LogP contribution is 2.15. The molecule has 1 aliphatic heterocycles. The molecule has 3 rings (SSSR count). The van der Waals surface area contributed by atoms with Crippen LogP contribution in [0.15, 0.2) is 24.3 Å². The highest BCUT2D eigenvalue weighted by molar-refractivity contribution is 7.71. The smallest absolute Gasteiger partial charge is 0.203 e. The van der Waals surface area contributed by atoms with Gasteiger partial charge < -0.3 is 0 Å². The second-order valence-electron chi connectivity index (χ2n) is 6.53. The molecule has 1 aromatic carbocycles. The predicted molar refractivity (Wildman–Crippen MR) is 96.5 cm³/mol.